The van der Waals surface area contributed by atoms with Crippen molar-refractivity contribution in [3.63, 3.8) is 0 Å². The smallest absolute Gasteiger partial charge is 0.342 e. The number of carboxylic acid groups (broad SMARTS) is 1. The number of carbonyl (C=O) groups is 3. The zero-order valence-electron chi connectivity index (χ0n) is 21.6. The first-order valence-electron chi connectivity index (χ1n) is 12.0. The number of carboxylic acids is 1. The molecule has 0 bridgehead atoms. The lowest BCUT2D eigenvalue weighted by Crippen LogP contribution is -2.60. The molecule has 0 aromatic heterocycles. The van der Waals surface area contributed by atoms with E-state index < -0.39 is 55.2 Å². The molecule has 5 atom stereocenters. The first-order valence-corrected chi connectivity index (χ1v) is 12.4. The minimum Gasteiger partial charge on any atom is -0.496 e. The number of aliphatic hydroxyl groups is 3. The number of carbonyl (C=O) groups excluding carboxylic acids is 2. The quantitative estimate of drug-likeness (QED) is 0.226. The van der Waals surface area contributed by atoms with Crippen molar-refractivity contribution in [3.8, 4) is 11.5 Å². The molecule has 3 rings (SSSR count). The van der Waals surface area contributed by atoms with Crippen LogP contribution in [0.3, 0.4) is 0 Å². The van der Waals surface area contributed by atoms with E-state index in [-0.39, 0.29) is 41.5 Å². The summed E-state index contributed by atoms with van der Waals surface area (Å²) in [6.07, 6.45) is -7.42. The average Bonchev–Trinajstić information content (AvgIpc) is 2.93. The molecule has 5 N–H and O–H groups in total. The zero-order chi connectivity index (χ0) is 29.4. The van der Waals surface area contributed by atoms with Gasteiger partial charge in [0.05, 0.1) is 25.2 Å². The number of aliphatic hydroxyl groups excluding tert-OH is 3. The monoisotopic (exact) mass is 583 g/mol. The Labute approximate surface area is 234 Å². The van der Waals surface area contributed by atoms with Crippen molar-refractivity contribution in [1.29, 1.82) is 0 Å². The van der Waals surface area contributed by atoms with Crippen LogP contribution in [-0.4, -0.2) is 89.8 Å². The van der Waals surface area contributed by atoms with Crippen molar-refractivity contribution < 1.29 is 58.5 Å². The number of rotatable bonds is 12. The first-order chi connectivity index (χ1) is 19.1. The highest BCUT2D eigenvalue weighted by atomic mass is 35.5. The Hall–Kier alpha value is -3.46. The maximum absolute atomic E-state index is 13.0. The molecule has 2 aromatic rings. The number of esters is 1. The molecule has 0 spiro atoms. The number of nitrogens with one attached hydrogen (secondary N) is 1. The maximum atomic E-state index is 13.0. The summed E-state index contributed by atoms with van der Waals surface area (Å²) in [6, 6.07) is 9.34. The van der Waals surface area contributed by atoms with Crippen molar-refractivity contribution in [2.75, 3.05) is 26.1 Å². The van der Waals surface area contributed by atoms with Crippen molar-refractivity contribution in [2.45, 2.75) is 50.2 Å². The lowest BCUT2D eigenvalue weighted by Gasteiger charge is -2.40. The van der Waals surface area contributed by atoms with Crippen LogP contribution >= 0.6 is 11.6 Å². The highest BCUT2D eigenvalue weighted by Crippen LogP contribution is 2.35. The van der Waals surface area contributed by atoms with Gasteiger partial charge in [-0.2, -0.15) is 0 Å². The molecule has 0 radical (unpaired) electrons. The Morgan fingerprint density at radius 2 is 1.80 bits per heavy atom. The van der Waals surface area contributed by atoms with Crippen LogP contribution in [0.25, 0.3) is 0 Å². The topological polar surface area (TPSA) is 190 Å². The van der Waals surface area contributed by atoms with Crippen LogP contribution < -0.4 is 14.8 Å². The van der Waals surface area contributed by atoms with E-state index in [1.807, 2.05) is 0 Å². The van der Waals surface area contributed by atoms with Crippen molar-refractivity contribution >= 4 is 35.1 Å². The molecular formula is C26H30ClNO12. The Kier molecular flexibility index (Phi) is 11.1. The van der Waals surface area contributed by atoms with Crippen molar-refractivity contribution in [3.05, 3.63) is 52.5 Å². The number of benzene rings is 2. The Morgan fingerprint density at radius 3 is 2.45 bits per heavy atom. The highest BCUT2D eigenvalue weighted by molar-refractivity contribution is 6.32. The fourth-order valence-corrected chi connectivity index (χ4v) is 4.09. The van der Waals surface area contributed by atoms with Gasteiger partial charge in [0.1, 0.15) is 42.0 Å². The van der Waals surface area contributed by atoms with E-state index in [9.17, 15) is 29.7 Å². The molecule has 1 aliphatic rings. The van der Waals surface area contributed by atoms with E-state index in [1.54, 1.807) is 24.3 Å². The maximum Gasteiger partial charge on any atom is 0.342 e. The molecule has 0 unspecified atom stereocenters. The number of halogens is 1. The van der Waals surface area contributed by atoms with E-state index in [0.717, 1.165) is 0 Å². The number of anilines is 1. The predicted octanol–water partition coefficient (Wildman–Crippen LogP) is 1.34. The third-order valence-corrected chi connectivity index (χ3v) is 6.24. The van der Waals surface area contributed by atoms with E-state index in [4.69, 9.17) is 40.4 Å². The first kappa shape index (κ1) is 31.1. The second kappa shape index (κ2) is 14.3. The van der Waals surface area contributed by atoms with Crippen LogP contribution in [0.5, 0.6) is 11.5 Å². The third kappa shape index (κ3) is 7.81. The van der Waals surface area contributed by atoms with E-state index in [1.165, 1.54) is 26.4 Å². The number of aliphatic carboxylic acids is 1. The fourth-order valence-electron chi connectivity index (χ4n) is 3.88. The van der Waals surface area contributed by atoms with Crippen LogP contribution in [0.15, 0.2) is 36.4 Å². The van der Waals surface area contributed by atoms with E-state index in [2.05, 4.69) is 5.32 Å². The Balaban J connectivity index is 1.70. The summed E-state index contributed by atoms with van der Waals surface area (Å²) >= 11 is 6.36. The van der Waals surface area contributed by atoms with Crippen LogP contribution in [0.1, 0.15) is 28.8 Å². The van der Waals surface area contributed by atoms with Gasteiger partial charge >= 0.3 is 11.9 Å². The summed E-state index contributed by atoms with van der Waals surface area (Å²) in [5.41, 5.74) is 1.01. The molecule has 40 heavy (non-hydrogen) atoms. The minimum atomic E-state index is -1.61. The molecule has 0 saturated carbocycles. The Morgan fingerprint density at radius 1 is 1.05 bits per heavy atom. The van der Waals surface area contributed by atoms with Crippen LogP contribution in [0.4, 0.5) is 5.69 Å². The standard InChI is InChI=1S/C26H30ClNO12/c1-36-17-10-18(38-12-13-4-3-5-14(8-13)28-20(30)6-7-21(31)32)16(27)9-15(17)25(35)40-24-23(34)22(33)19(11-29)39-26(24)37-2/h3-5,8-10,19,22-24,26,29,33-34H,6-7,11-12H2,1-2H3,(H,28,30)(H,31,32)/t19-,22-,23+,24-,26+/m1/s1. The summed E-state index contributed by atoms with van der Waals surface area (Å²) in [7, 11) is 2.56. The molecule has 0 aliphatic carbocycles. The minimum absolute atomic E-state index is 0.0243. The van der Waals surface area contributed by atoms with Crippen molar-refractivity contribution in [1.82, 2.24) is 0 Å². The molecule has 1 fully saturated rings. The van der Waals surface area contributed by atoms with Gasteiger partial charge in [0.25, 0.3) is 0 Å². The fraction of sp³-hybridized carbons (Fsp3) is 0.423. The molecule has 13 nitrogen and oxygen atoms in total. The second-order valence-corrected chi connectivity index (χ2v) is 9.13. The summed E-state index contributed by atoms with van der Waals surface area (Å²) < 4.78 is 26.9. The van der Waals surface area contributed by atoms with E-state index >= 15 is 0 Å². The number of amides is 1. The molecule has 1 saturated heterocycles. The molecule has 1 heterocycles. The van der Waals surface area contributed by atoms with Crippen LogP contribution in [0, 0.1) is 0 Å². The summed E-state index contributed by atoms with van der Waals surface area (Å²) in [6.45, 7) is -0.564. The SMILES string of the molecule is COc1cc(OCc2cccc(NC(=O)CCC(=O)O)c2)c(Cl)cc1C(=O)O[C@H]1[C@@H](OC)O[C@H](CO)[C@@H](O)[C@@H]1O. The molecule has 1 amide bonds. The number of hydrogen-bond donors (Lipinski definition) is 5. The zero-order valence-corrected chi connectivity index (χ0v) is 22.4. The van der Waals surface area contributed by atoms with Gasteiger partial charge in [0, 0.05) is 25.3 Å². The van der Waals surface area contributed by atoms with Gasteiger partial charge in [-0.05, 0) is 23.8 Å². The number of methoxy groups -OCH3 is 2. The predicted molar refractivity (Wildman–Crippen MR) is 138 cm³/mol. The molecule has 1 aliphatic heterocycles. The van der Waals surface area contributed by atoms with Crippen LogP contribution in [-0.2, 0) is 30.4 Å². The van der Waals surface area contributed by atoms with Gasteiger partial charge in [-0.1, -0.05) is 23.7 Å². The lowest BCUT2D eigenvalue weighted by atomic mass is 9.99. The summed E-state index contributed by atoms with van der Waals surface area (Å²) in [5.74, 6) is -2.26. The van der Waals surface area contributed by atoms with Gasteiger partial charge in [0.2, 0.25) is 5.91 Å². The number of ether oxygens (including phenoxy) is 5. The van der Waals surface area contributed by atoms with Crippen molar-refractivity contribution in [2.24, 2.45) is 0 Å². The van der Waals surface area contributed by atoms with Crippen LogP contribution in [0.2, 0.25) is 5.02 Å². The molecular weight excluding hydrogens is 554 g/mol. The second-order valence-electron chi connectivity index (χ2n) is 8.73. The van der Waals surface area contributed by atoms with Gasteiger partial charge in [-0.3, -0.25) is 9.59 Å². The largest absolute Gasteiger partial charge is 0.496 e. The molecule has 14 heteroatoms. The summed E-state index contributed by atoms with van der Waals surface area (Å²) in [4.78, 5) is 35.5. The third-order valence-electron chi connectivity index (χ3n) is 5.94. The van der Waals surface area contributed by atoms with Gasteiger partial charge in [-0.15, -0.1) is 0 Å². The van der Waals surface area contributed by atoms with Gasteiger partial charge < -0.3 is 49.4 Å². The molecule has 218 valence electrons. The highest BCUT2D eigenvalue weighted by Gasteiger charge is 2.47. The normalized spacial score (nSPS) is 22.3. The van der Waals surface area contributed by atoms with Gasteiger partial charge in [-0.25, -0.2) is 4.79 Å². The average molecular weight is 584 g/mol. The number of hydrogen-bond acceptors (Lipinski definition) is 11. The Bertz CT molecular complexity index is 1210. The molecule has 2 aromatic carbocycles. The van der Waals surface area contributed by atoms with E-state index in [0.29, 0.717) is 11.3 Å². The lowest BCUT2D eigenvalue weighted by molar-refractivity contribution is -0.293. The summed E-state index contributed by atoms with van der Waals surface area (Å²) in [5, 5.41) is 41.3. The van der Waals surface area contributed by atoms with Gasteiger partial charge in [0.15, 0.2) is 12.4 Å².